The summed E-state index contributed by atoms with van der Waals surface area (Å²) in [6, 6.07) is 16.7. The van der Waals surface area contributed by atoms with Crippen LogP contribution < -0.4 is 5.32 Å². The van der Waals surface area contributed by atoms with Crippen molar-refractivity contribution in [3.63, 3.8) is 0 Å². The van der Waals surface area contributed by atoms with Gasteiger partial charge in [-0.2, -0.15) is 0 Å². The first-order valence-corrected chi connectivity index (χ1v) is 8.79. The Labute approximate surface area is 152 Å². The van der Waals surface area contributed by atoms with E-state index in [-0.39, 0.29) is 11.8 Å². The van der Waals surface area contributed by atoms with Crippen LogP contribution in [0.25, 0.3) is 10.9 Å². The Kier molecular flexibility index (Phi) is 4.21. The summed E-state index contributed by atoms with van der Waals surface area (Å²) in [7, 11) is 1.72. The number of nitrogens with one attached hydrogen (secondary N) is 2. The van der Waals surface area contributed by atoms with Gasteiger partial charge >= 0.3 is 0 Å². The number of carbonyl (C=O) groups is 2. The number of rotatable bonds is 4. The van der Waals surface area contributed by atoms with Gasteiger partial charge in [0, 0.05) is 37.0 Å². The molecule has 1 aliphatic heterocycles. The van der Waals surface area contributed by atoms with Crippen molar-refractivity contribution in [2.75, 3.05) is 7.05 Å². The van der Waals surface area contributed by atoms with Crippen LogP contribution in [0.2, 0.25) is 0 Å². The largest absolute Gasteiger partial charge is 0.361 e. The Hall–Kier alpha value is -3.08. The van der Waals surface area contributed by atoms with Crippen LogP contribution in [0.3, 0.4) is 0 Å². The summed E-state index contributed by atoms with van der Waals surface area (Å²) >= 11 is 0. The standard InChI is InChI=1S/C21H21N3O2/c1-24-19(12-15-13-22-17-10-6-5-9-16(15)17)20(25)23-18(21(24)26)11-14-7-3-2-4-8-14/h2-10,13,18-19,22H,11-12H2,1H3,(H,23,25)/t18-,19-/m0/s1. The van der Waals surface area contributed by atoms with Crippen LogP contribution >= 0.6 is 0 Å². The second-order valence-corrected chi connectivity index (χ2v) is 6.78. The number of aromatic amines is 1. The third kappa shape index (κ3) is 2.96. The first-order chi connectivity index (χ1) is 12.6. The van der Waals surface area contributed by atoms with Gasteiger partial charge in [0.25, 0.3) is 0 Å². The lowest BCUT2D eigenvalue weighted by Crippen LogP contribution is -2.63. The molecule has 0 saturated carbocycles. The average molecular weight is 347 g/mol. The predicted octanol–water partition coefficient (Wildman–Crippen LogP) is 2.28. The molecule has 5 nitrogen and oxygen atoms in total. The Morgan fingerprint density at radius 3 is 2.50 bits per heavy atom. The van der Waals surface area contributed by atoms with Crippen LogP contribution in [0.1, 0.15) is 11.1 Å². The number of para-hydroxylation sites is 1. The highest BCUT2D eigenvalue weighted by Gasteiger charge is 2.38. The molecule has 2 atom stereocenters. The van der Waals surface area contributed by atoms with E-state index in [0.717, 1.165) is 22.0 Å². The molecular formula is C21H21N3O2. The number of nitrogens with zero attached hydrogens (tertiary/aromatic N) is 1. The molecule has 1 aromatic heterocycles. The van der Waals surface area contributed by atoms with Crippen molar-refractivity contribution in [1.29, 1.82) is 0 Å². The van der Waals surface area contributed by atoms with E-state index in [9.17, 15) is 9.59 Å². The Morgan fingerprint density at radius 1 is 0.962 bits per heavy atom. The minimum atomic E-state index is -0.505. The molecule has 2 heterocycles. The molecule has 2 aromatic carbocycles. The fraction of sp³-hybridized carbons (Fsp3) is 0.238. The fourth-order valence-electron chi connectivity index (χ4n) is 3.63. The van der Waals surface area contributed by atoms with Crippen molar-refractivity contribution in [3.05, 3.63) is 71.9 Å². The molecule has 1 fully saturated rings. The van der Waals surface area contributed by atoms with Crippen molar-refractivity contribution in [3.8, 4) is 0 Å². The first-order valence-electron chi connectivity index (χ1n) is 8.79. The van der Waals surface area contributed by atoms with E-state index in [1.807, 2.05) is 60.8 Å². The SMILES string of the molecule is CN1C(=O)[C@H](Cc2ccccc2)NC(=O)[C@@H]1Cc1c[nH]c2ccccc12. The Bertz CT molecular complexity index is 948. The van der Waals surface area contributed by atoms with Crippen LogP contribution in [-0.4, -0.2) is 40.8 Å². The van der Waals surface area contributed by atoms with E-state index in [1.165, 1.54) is 0 Å². The van der Waals surface area contributed by atoms with Gasteiger partial charge in [0.15, 0.2) is 0 Å². The van der Waals surface area contributed by atoms with Gasteiger partial charge in [0.05, 0.1) is 0 Å². The molecule has 5 heteroatoms. The average Bonchev–Trinajstić information content (AvgIpc) is 3.07. The van der Waals surface area contributed by atoms with Crippen LogP contribution in [0.5, 0.6) is 0 Å². The number of amides is 2. The lowest BCUT2D eigenvalue weighted by molar-refractivity contribution is -0.147. The number of hydrogen-bond acceptors (Lipinski definition) is 2. The number of likely N-dealkylation sites (N-methyl/N-ethyl adjacent to an activating group) is 1. The Morgan fingerprint density at radius 2 is 1.69 bits per heavy atom. The molecule has 0 spiro atoms. The highest BCUT2D eigenvalue weighted by molar-refractivity contribution is 5.97. The van der Waals surface area contributed by atoms with Crippen LogP contribution in [-0.2, 0) is 22.4 Å². The smallest absolute Gasteiger partial charge is 0.245 e. The minimum absolute atomic E-state index is 0.0432. The Balaban J connectivity index is 1.52. The third-order valence-electron chi connectivity index (χ3n) is 5.10. The molecule has 0 unspecified atom stereocenters. The maximum atomic E-state index is 12.8. The van der Waals surface area contributed by atoms with E-state index in [0.29, 0.717) is 12.8 Å². The van der Waals surface area contributed by atoms with Gasteiger partial charge in [-0.25, -0.2) is 0 Å². The minimum Gasteiger partial charge on any atom is -0.361 e. The normalized spacial score (nSPS) is 20.4. The molecule has 2 amide bonds. The van der Waals surface area contributed by atoms with Crippen LogP contribution in [0.15, 0.2) is 60.8 Å². The molecule has 2 N–H and O–H groups in total. The molecule has 132 valence electrons. The van der Waals surface area contributed by atoms with Crippen molar-refractivity contribution >= 4 is 22.7 Å². The maximum Gasteiger partial charge on any atom is 0.245 e. The highest BCUT2D eigenvalue weighted by atomic mass is 16.2. The summed E-state index contributed by atoms with van der Waals surface area (Å²) in [5.74, 6) is -0.142. The van der Waals surface area contributed by atoms with Crippen molar-refractivity contribution in [2.45, 2.75) is 24.9 Å². The number of fused-ring (bicyclic) bond motifs is 1. The topological polar surface area (TPSA) is 65.2 Å². The van der Waals surface area contributed by atoms with Gasteiger partial charge in [0.1, 0.15) is 12.1 Å². The zero-order valence-corrected chi connectivity index (χ0v) is 14.6. The van der Waals surface area contributed by atoms with Gasteiger partial charge in [-0.3, -0.25) is 9.59 Å². The summed E-state index contributed by atoms with van der Waals surface area (Å²) in [6.07, 6.45) is 2.93. The molecule has 1 saturated heterocycles. The summed E-state index contributed by atoms with van der Waals surface area (Å²) in [4.78, 5) is 30.3. The fourth-order valence-corrected chi connectivity index (χ4v) is 3.63. The summed E-state index contributed by atoms with van der Waals surface area (Å²) < 4.78 is 0. The molecule has 26 heavy (non-hydrogen) atoms. The second-order valence-electron chi connectivity index (χ2n) is 6.78. The van der Waals surface area contributed by atoms with Crippen LogP contribution in [0, 0.1) is 0 Å². The molecule has 0 radical (unpaired) electrons. The predicted molar refractivity (Wildman–Crippen MR) is 101 cm³/mol. The van der Waals surface area contributed by atoms with Gasteiger partial charge in [-0.1, -0.05) is 48.5 Å². The second kappa shape index (κ2) is 6.67. The van der Waals surface area contributed by atoms with E-state index < -0.39 is 12.1 Å². The summed E-state index contributed by atoms with van der Waals surface area (Å²) in [6.45, 7) is 0. The maximum absolute atomic E-state index is 12.8. The monoisotopic (exact) mass is 347 g/mol. The number of benzene rings is 2. The van der Waals surface area contributed by atoms with Gasteiger partial charge < -0.3 is 15.2 Å². The lowest BCUT2D eigenvalue weighted by atomic mass is 9.97. The summed E-state index contributed by atoms with van der Waals surface area (Å²) in [5.41, 5.74) is 3.12. The quantitative estimate of drug-likeness (QED) is 0.760. The molecule has 4 rings (SSSR count). The molecular weight excluding hydrogens is 326 g/mol. The van der Waals surface area contributed by atoms with E-state index in [4.69, 9.17) is 0 Å². The van der Waals surface area contributed by atoms with Gasteiger partial charge in [0.2, 0.25) is 11.8 Å². The summed E-state index contributed by atoms with van der Waals surface area (Å²) in [5, 5.41) is 4.01. The number of carbonyl (C=O) groups excluding carboxylic acids is 2. The van der Waals surface area contributed by atoms with Gasteiger partial charge in [-0.05, 0) is 17.2 Å². The van der Waals surface area contributed by atoms with Crippen molar-refractivity contribution in [2.24, 2.45) is 0 Å². The zero-order valence-electron chi connectivity index (χ0n) is 14.6. The molecule has 0 aliphatic carbocycles. The van der Waals surface area contributed by atoms with Crippen LogP contribution in [0.4, 0.5) is 0 Å². The van der Waals surface area contributed by atoms with E-state index in [2.05, 4.69) is 10.3 Å². The number of H-pyrrole nitrogens is 1. The first kappa shape index (κ1) is 16.4. The number of hydrogen-bond donors (Lipinski definition) is 2. The van der Waals surface area contributed by atoms with E-state index in [1.54, 1.807) is 11.9 Å². The lowest BCUT2D eigenvalue weighted by Gasteiger charge is -2.36. The number of aromatic nitrogens is 1. The molecule has 0 bridgehead atoms. The third-order valence-corrected chi connectivity index (χ3v) is 5.10. The highest BCUT2D eigenvalue weighted by Crippen LogP contribution is 2.22. The van der Waals surface area contributed by atoms with Crippen molar-refractivity contribution in [1.82, 2.24) is 15.2 Å². The van der Waals surface area contributed by atoms with Gasteiger partial charge in [-0.15, -0.1) is 0 Å². The molecule has 3 aromatic rings. The zero-order chi connectivity index (χ0) is 18.1. The number of piperazine rings is 1. The molecule has 1 aliphatic rings. The van der Waals surface area contributed by atoms with Crippen molar-refractivity contribution < 1.29 is 9.59 Å². The van der Waals surface area contributed by atoms with E-state index >= 15 is 0 Å².